The van der Waals surface area contributed by atoms with E-state index in [0.717, 1.165) is 12.1 Å². The first-order chi connectivity index (χ1) is 6.93. The number of ether oxygens (including phenoxy) is 1. The molecule has 0 aliphatic heterocycles. The van der Waals surface area contributed by atoms with Gasteiger partial charge < -0.3 is 4.74 Å². The molecular formula is C9H6BrF3O2. The molecule has 0 unspecified atom stereocenters. The topological polar surface area (TPSA) is 26.3 Å². The third kappa shape index (κ3) is 3.54. The van der Waals surface area contributed by atoms with Gasteiger partial charge in [0.05, 0.1) is 5.56 Å². The lowest BCUT2D eigenvalue weighted by Gasteiger charge is -2.08. The van der Waals surface area contributed by atoms with Crippen LogP contribution in [0.25, 0.3) is 0 Å². The van der Waals surface area contributed by atoms with E-state index in [4.69, 9.17) is 0 Å². The summed E-state index contributed by atoms with van der Waals surface area (Å²) in [6.45, 7) is 0. The summed E-state index contributed by atoms with van der Waals surface area (Å²) >= 11 is 2.83. The minimum atomic E-state index is -4.43. The van der Waals surface area contributed by atoms with Crippen LogP contribution in [0.3, 0.4) is 0 Å². The van der Waals surface area contributed by atoms with E-state index >= 15 is 0 Å². The SMILES string of the molecule is O=C(CBr)Oc1cccc(C(F)(F)F)c1. The lowest BCUT2D eigenvalue weighted by Crippen LogP contribution is -2.10. The summed E-state index contributed by atoms with van der Waals surface area (Å²) in [6, 6.07) is 4.15. The quantitative estimate of drug-likeness (QED) is 0.474. The van der Waals surface area contributed by atoms with E-state index in [9.17, 15) is 18.0 Å². The van der Waals surface area contributed by atoms with Crippen LogP contribution in [0.4, 0.5) is 13.2 Å². The molecule has 15 heavy (non-hydrogen) atoms. The minimum Gasteiger partial charge on any atom is -0.426 e. The molecular weight excluding hydrogens is 277 g/mol. The predicted molar refractivity (Wildman–Crippen MR) is 50.9 cm³/mol. The molecule has 0 atom stereocenters. The molecule has 2 nitrogen and oxygen atoms in total. The molecule has 1 aromatic carbocycles. The molecule has 0 saturated carbocycles. The Kier molecular flexibility index (Phi) is 3.73. The Morgan fingerprint density at radius 3 is 2.60 bits per heavy atom. The van der Waals surface area contributed by atoms with E-state index in [1.807, 2.05) is 0 Å². The zero-order valence-corrected chi connectivity index (χ0v) is 8.93. The molecule has 0 amide bonds. The number of esters is 1. The Balaban J connectivity index is 2.88. The van der Waals surface area contributed by atoms with Crippen molar-refractivity contribution in [2.75, 3.05) is 5.33 Å². The highest BCUT2D eigenvalue weighted by molar-refractivity contribution is 9.09. The molecule has 0 aliphatic carbocycles. The Bertz CT molecular complexity index is 363. The average Bonchev–Trinajstić information content (AvgIpc) is 2.17. The van der Waals surface area contributed by atoms with Crippen LogP contribution in [0.2, 0.25) is 0 Å². The number of carbonyl (C=O) groups is 1. The van der Waals surface area contributed by atoms with Crippen LogP contribution in [0, 0.1) is 0 Å². The number of hydrogen-bond acceptors (Lipinski definition) is 2. The van der Waals surface area contributed by atoms with Crippen molar-refractivity contribution in [2.45, 2.75) is 6.18 Å². The third-order valence-corrected chi connectivity index (χ3v) is 1.96. The van der Waals surface area contributed by atoms with Crippen molar-refractivity contribution in [3.05, 3.63) is 29.8 Å². The van der Waals surface area contributed by atoms with Crippen LogP contribution in [0.5, 0.6) is 5.75 Å². The van der Waals surface area contributed by atoms with Gasteiger partial charge >= 0.3 is 12.1 Å². The van der Waals surface area contributed by atoms with Gasteiger partial charge in [0.1, 0.15) is 11.1 Å². The number of rotatable bonds is 2. The van der Waals surface area contributed by atoms with Gasteiger partial charge in [0.25, 0.3) is 0 Å². The maximum absolute atomic E-state index is 12.2. The van der Waals surface area contributed by atoms with Gasteiger partial charge in [-0.3, -0.25) is 4.79 Å². The highest BCUT2D eigenvalue weighted by atomic mass is 79.9. The molecule has 0 radical (unpaired) electrons. The molecule has 0 fully saturated rings. The smallest absolute Gasteiger partial charge is 0.416 e. The number of hydrogen-bond donors (Lipinski definition) is 0. The van der Waals surface area contributed by atoms with Gasteiger partial charge in [0, 0.05) is 0 Å². The number of alkyl halides is 4. The van der Waals surface area contributed by atoms with Crippen molar-refractivity contribution in [3.63, 3.8) is 0 Å². The summed E-state index contributed by atoms with van der Waals surface area (Å²) < 4.78 is 41.3. The fourth-order valence-electron chi connectivity index (χ4n) is 0.895. The lowest BCUT2D eigenvalue weighted by molar-refractivity contribution is -0.138. The highest BCUT2D eigenvalue weighted by Crippen LogP contribution is 2.31. The average molecular weight is 283 g/mol. The van der Waals surface area contributed by atoms with Crippen LogP contribution in [-0.2, 0) is 11.0 Å². The monoisotopic (exact) mass is 282 g/mol. The second-order valence-corrected chi connectivity index (χ2v) is 3.19. The van der Waals surface area contributed by atoms with Crippen molar-refractivity contribution in [1.29, 1.82) is 0 Å². The van der Waals surface area contributed by atoms with E-state index in [-0.39, 0.29) is 11.1 Å². The fourth-order valence-corrected chi connectivity index (χ4v) is 1.01. The maximum Gasteiger partial charge on any atom is 0.416 e. The van der Waals surface area contributed by atoms with Crippen molar-refractivity contribution >= 4 is 21.9 Å². The standard InChI is InChI=1S/C9H6BrF3O2/c10-5-8(14)15-7-3-1-2-6(4-7)9(11,12)13/h1-4H,5H2. The van der Waals surface area contributed by atoms with E-state index in [2.05, 4.69) is 20.7 Å². The molecule has 1 aromatic rings. The first kappa shape index (κ1) is 12.0. The molecule has 0 bridgehead atoms. The second-order valence-electron chi connectivity index (χ2n) is 2.63. The van der Waals surface area contributed by atoms with Gasteiger partial charge in [-0.2, -0.15) is 13.2 Å². The van der Waals surface area contributed by atoms with Crippen LogP contribution < -0.4 is 4.74 Å². The van der Waals surface area contributed by atoms with Gasteiger partial charge in [-0.25, -0.2) is 0 Å². The summed E-state index contributed by atoms with van der Waals surface area (Å²) in [4.78, 5) is 10.8. The van der Waals surface area contributed by atoms with Crippen LogP contribution in [0.1, 0.15) is 5.56 Å². The van der Waals surface area contributed by atoms with Crippen LogP contribution in [0.15, 0.2) is 24.3 Å². The molecule has 0 spiro atoms. The highest BCUT2D eigenvalue weighted by Gasteiger charge is 2.30. The Hall–Kier alpha value is -1.04. The third-order valence-electron chi connectivity index (χ3n) is 1.50. The number of halogens is 4. The van der Waals surface area contributed by atoms with E-state index in [1.165, 1.54) is 12.1 Å². The van der Waals surface area contributed by atoms with E-state index in [0.29, 0.717) is 0 Å². The zero-order valence-electron chi connectivity index (χ0n) is 7.34. The molecule has 0 aromatic heterocycles. The van der Waals surface area contributed by atoms with Gasteiger partial charge in [-0.05, 0) is 18.2 Å². The Morgan fingerprint density at radius 1 is 1.40 bits per heavy atom. The minimum absolute atomic E-state index is 0.0662. The van der Waals surface area contributed by atoms with Crippen molar-refractivity contribution in [2.24, 2.45) is 0 Å². The molecule has 82 valence electrons. The fraction of sp³-hybridized carbons (Fsp3) is 0.222. The van der Waals surface area contributed by atoms with Crippen molar-refractivity contribution < 1.29 is 22.7 Å². The first-order valence-corrected chi connectivity index (χ1v) is 4.99. The summed E-state index contributed by atoms with van der Waals surface area (Å²) in [7, 11) is 0. The van der Waals surface area contributed by atoms with E-state index in [1.54, 1.807) is 0 Å². The number of benzene rings is 1. The molecule has 0 aliphatic rings. The number of carbonyl (C=O) groups excluding carboxylic acids is 1. The van der Waals surface area contributed by atoms with Crippen LogP contribution in [-0.4, -0.2) is 11.3 Å². The van der Waals surface area contributed by atoms with Gasteiger partial charge in [-0.15, -0.1) is 0 Å². The molecule has 6 heteroatoms. The summed E-state index contributed by atoms with van der Waals surface area (Å²) in [5.74, 6) is -0.761. The normalized spacial score (nSPS) is 11.2. The van der Waals surface area contributed by atoms with Gasteiger partial charge in [0.2, 0.25) is 0 Å². The van der Waals surface area contributed by atoms with Gasteiger partial charge in [0.15, 0.2) is 0 Å². The van der Waals surface area contributed by atoms with E-state index < -0.39 is 17.7 Å². The van der Waals surface area contributed by atoms with Crippen LogP contribution >= 0.6 is 15.9 Å². The predicted octanol–water partition coefficient (Wildman–Crippen LogP) is 3.01. The Morgan fingerprint density at radius 2 is 2.07 bits per heavy atom. The Labute approximate surface area is 92.2 Å². The summed E-state index contributed by atoms with van der Waals surface area (Å²) in [5.41, 5.74) is -0.845. The second kappa shape index (κ2) is 4.65. The molecule has 0 heterocycles. The summed E-state index contributed by atoms with van der Waals surface area (Å²) in [6.07, 6.45) is -4.43. The summed E-state index contributed by atoms with van der Waals surface area (Å²) in [5, 5.41) is -0.0662. The molecule has 1 rings (SSSR count). The van der Waals surface area contributed by atoms with Crippen molar-refractivity contribution in [3.8, 4) is 5.75 Å². The molecule has 0 N–H and O–H groups in total. The maximum atomic E-state index is 12.2. The molecule has 0 saturated heterocycles. The lowest BCUT2D eigenvalue weighted by atomic mass is 10.2. The van der Waals surface area contributed by atoms with Crippen molar-refractivity contribution in [1.82, 2.24) is 0 Å². The first-order valence-electron chi connectivity index (χ1n) is 3.87. The van der Waals surface area contributed by atoms with Gasteiger partial charge in [-0.1, -0.05) is 22.0 Å². The zero-order chi connectivity index (χ0) is 11.5. The largest absolute Gasteiger partial charge is 0.426 e.